The molecule has 2 unspecified atom stereocenters. The van der Waals surface area contributed by atoms with E-state index < -0.39 is 5.60 Å². The fourth-order valence-corrected chi connectivity index (χ4v) is 4.23. The molecule has 1 aromatic heterocycles. The summed E-state index contributed by atoms with van der Waals surface area (Å²) in [5.74, 6) is 2.36. The van der Waals surface area contributed by atoms with Crippen molar-refractivity contribution in [1.29, 1.82) is 0 Å². The van der Waals surface area contributed by atoms with Crippen LogP contribution in [-0.4, -0.2) is 85.0 Å². The van der Waals surface area contributed by atoms with Crippen LogP contribution in [-0.2, 0) is 0 Å². The first-order valence-corrected chi connectivity index (χ1v) is 9.30. The van der Waals surface area contributed by atoms with Crippen LogP contribution in [0, 0.1) is 5.92 Å². The molecule has 0 bridgehead atoms. The molecule has 8 nitrogen and oxygen atoms in total. The molecule has 2 atom stereocenters. The largest absolute Gasteiger partial charge is 0.389 e. The van der Waals surface area contributed by atoms with Crippen molar-refractivity contribution in [3.8, 4) is 0 Å². The van der Waals surface area contributed by atoms with Gasteiger partial charge in [0.2, 0.25) is 5.95 Å². The maximum atomic E-state index is 10.9. The summed E-state index contributed by atoms with van der Waals surface area (Å²) >= 11 is 0. The number of likely N-dealkylation sites (N-methyl/N-ethyl adjacent to an activating group) is 1. The standard InChI is InChI=1S/C17H29N7O/c1-22-6-8-23(9-7-22)14-10-15(21-16(18)20-14)24-5-3-17(25)2-4-19-11-13(17)12-24/h10,13,19,25H,2-9,11-12H2,1H3,(H2,18,20,21). The van der Waals surface area contributed by atoms with Gasteiger partial charge in [0.05, 0.1) is 5.60 Å². The molecule has 25 heavy (non-hydrogen) atoms. The number of nitrogen functional groups attached to an aromatic ring is 1. The molecule has 0 radical (unpaired) electrons. The number of aromatic nitrogens is 2. The fraction of sp³-hybridized carbons (Fsp3) is 0.765. The van der Waals surface area contributed by atoms with Crippen LogP contribution >= 0.6 is 0 Å². The summed E-state index contributed by atoms with van der Waals surface area (Å²) in [6.45, 7) is 7.36. The Morgan fingerprint density at radius 2 is 1.84 bits per heavy atom. The Bertz CT molecular complexity index is 619. The monoisotopic (exact) mass is 347 g/mol. The molecule has 0 spiro atoms. The lowest BCUT2D eigenvalue weighted by Crippen LogP contribution is -2.59. The van der Waals surface area contributed by atoms with Gasteiger partial charge in [0.25, 0.3) is 0 Å². The van der Waals surface area contributed by atoms with E-state index in [9.17, 15) is 5.11 Å². The number of fused-ring (bicyclic) bond motifs is 1. The molecule has 0 saturated carbocycles. The first kappa shape index (κ1) is 16.8. The van der Waals surface area contributed by atoms with Crippen molar-refractivity contribution in [1.82, 2.24) is 20.2 Å². The molecule has 3 fully saturated rings. The number of hydrogen-bond acceptors (Lipinski definition) is 8. The summed E-state index contributed by atoms with van der Waals surface area (Å²) in [6, 6.07) is 2.06. The molecule has 3 saturated heterocycles. The number of nitrogens with one attached hydrogen (secondary N) is 1. The first-order valence-electron chi connectivity index (χ1n) is 9.30. The third-order valence-corrected chi connectivity index (χ3v) is 6.01. The second kappa shape index (κ2) is 6.59. The van der Waals surface area contributed by atoms with E-state index in [-0.39, 0.29) is 5.92 Å². The van der Waals surface area contributed by atoms with Crippen molar-refractivity contribution >= 4 is 17.6 Å². The number of aliphatic hydroxyl groups is 1. The van der Waals surface area contributed by atoms with Crippen molar-refractivity contribution in [3.05, 3.63) is 6.07 Å². The number of anilines is 3. The second-order valence-electron chi connectivity index (χ2n) is 7.68. The normalized spacial score (nSPS) is 31.0. The van der Waals surface area contributed by atoms with Gasteiger partial charge in [-0.2, -0.15) is 9.97 Å². The number of nitrogens with zero attached hydrogens (tertiary/aromatic N) is 5. The van der Waals surface area contributed by atoms with Crippen molar-refractivity contribution in [2.45, 2.75) is 18.4 Å². The Kier molecular flexibility index (Phi) is 4.43. The Morgan fingerprint density at radius 1 is 1.12 bits per heavy atom. The van der Waals surface area contributed by atoms with E-state index in [2.05, 4.69) is 43.1 Å². The number of nitrogens with two attached hydrogens (primary N) is 1. The second-order valence-corrected chi connectivity index (χ2v) is 7.68. The lowest BCUT2D eigenvalue weighted by atomic mass is 9.76. The summed E-state index contributed by atoms with van der Waals surface area (Å²) in [5.41, 5.74) is 5.48. The molecule has 4 heterocycles. The molecule has 138 valence electrons. The summed E-state index contributed by atoms with van der Waals surface area (Å²) in [4.78, 5) is 15.8. The lowest BCUT2D eigenvalue weighted by Gasteiger charge is -2.48. The summed E-state index contributed by atoms with van der Waals surface area (Å²) in [6.07, 6.45) is 1.62. The molecule has 3 aliphatic rings. The third kappa shape index (κ3) is 3.38. The number of hydrogen-bond donors (Lipinski definition) is 3. The molecule has 0 amide bonds. The van der Waals surface area contributed by atoms with Crippen LogP contribution in [0.3, 0.4) is 0 Å². The minimum absolute atomic E-state index is 0.235. The van der Waals surface area contributed by atoms with Crippen LogP contribution in [0.2, 0.25) is 0 Å². The Labute approximate surface area is 149 Å². The molecular weight excluding hydrogens is 318 g/mol. The highest BCUT2D eigenvalue weighted by atomic mass is 16.3. The van der Waals surface area contributed by atoms with E-state index in [0.29, 0.717) is 5.95 Å². The molecular formula is C17H29N7O. The Hall–Kier alpha value is -1.64. The minimum atomic E-state index is -0.527. The van der Waals surface area contributed by atoms with Crippen LogP contribution in [0.4, 0.5) is 17.6 Å². The highest BCUT2D eigenvalue weighted by molar-refractivity contribution is 5.54. The Morgan fingerprint density at radius 3 is 2.60 bits per heavy atom. The van der Waals surface area contributed by atoms with Crippen LogP contribution in [0.15, 0.2) is 6.07 Å². The van der Waals surface area contributed by atoms with Crippen LogP contribution < -0.4 is 20.9 Å². The summed E-state index contributed by atoms with van der Waals surface area (Å²) < 4.78 is 0. The molecule has 8 heteroatoms. The van der Waals surface area contributed by atoms with E-state index in [1.165, 1.54) is 0 Å². The minimum Gasteiger partial charge on any atom is -0.389 e. The lowest BCUT2D eigenvalue weighted by molar-refractivity contribution is -0.0539. The average Bonchev–Trinajstić information content (AvgIpc) is 2.61. The topological polar surface area (TPSA) is 93.8 Å². The molecule has 0 aliphatic carbocycles. The first-order chi connectivity index (χ1) is 12.0. The van der Waals surface area contributed by atoms with E-state index in [1.54, 1.807) is 0 Å². The van der Waals surface area contributed by atoms with Gasteiger partial charge >= 0.3 is 0 Å². The summed E-state index contributed by atoms with van der Waals surface area (Å²) in [5, 5.41) is 14.3. The van der Waals surface area contributed by atoms with Crippen molar-refractivity contribution in [3.63, 3.8) is 0 Å². The molecule has 4 N–H and O–H groups in total. The number of piperidine rings is 2. The zero-order chi connectivity index (χ0) is 17.4. The smallest absolute Gasteiger partial charge is 0.223 e. The Balaban J connectivity index is 1.52. The zero-order valence-corrected chi connectivity index (χ0v) is 15.0. The number of piperazine rings is 1. The molecule has 1 aromatic rings. The van der Waals surface area contributed by atoms with Gasteiger partial charge < -0.3 is 30.9 Å². The van der Waals surface area contributed by atoms with Gasteiger partial charge in [0, 0.05) is 57.8 Å². The van der Waals surface area contributed by atoms with Crippen molar-refractivity contribution < 1.29 is 5.11 Å². The van der Waals surface area contributed by atoms with Crippen LogP contribution in [0.25, 0.3) is 0 Å². The highest BCUT2D eigenvalue weighted by Gasteiger charge is 2.43. The van der Waals surface area contributed by atoms with Gasteiger partial charge in [-0.1, -0.05) is 0 Å². The third-order valence-electron chi connectivity index (χ3n) is 6.01. The predicted octanol–water partition coefficient (Wildman–Crippen LogP) is -0.639. The zero-order valence-electron chi connectivity index (χ0n) is 15.0. The predicted molar refractivity (Wildman–Crippen MR) is 98.9 cm³/mol. The summed E-state index contributed by atoms with van der Waals surface area (Å²) in [7, 11) is 2.14. The van der Waals surface area contributed by atoms with E-state index in [4.69, 9.17) is 5.73 Å². The van der Waals surface area contributed by atoms with Gasteiger partial charge in [0.1, 0.15) is 11.6 Å². The van der Waals surface area contributed by atoms with Crippen molar-refractivity contribution in [2.24, 2.45) is 5.92 Å². The van der Waals surface area contributed by atoms with Crippen molar-refractivity contribution in [2.75, 3.05) is 74.9 Å². The fourth-order valence-electron chi connectivity index (χ4n) is 4.23. The SMILES string of the molecule is CN1CCN(c2cc(N3CCC4(O)CCNCC4C3)nc(N)n2)CC1. The molecule has 0 aromatic carbocycles. The van der Waals surface area contributed by atoms with Crippen LogP contribution in [0.5, 0.6) is 0 Å². The number of rotatable bonds is 2. The van der Waals surface area contributed by atoms with Gasteiger partial charge in [-0.15, -0.1) is 0 Å². The van der Waals surface area contributed by atoms with E-state index >= 15 is 0 Å². The van der Waals surface area contributed by atoms with Gasteiger partial charge in [-0.3, -0.25) is 0 Å². The van der Waals surface area contributed by atoms with Gasteiger partial charge in [0.15, 0.2) is 0 Å². The average molecular weight is 347 g/mol. The maximum Gasteiger partial charge on any atom is 0.223 e. The van der Waals surface area contributed by atoms with Crippen LogP contribution in [0.1, 0.15) is 12.8 Å². The maximum absolute atomic E-state index is 10.9. The van der Waals surface area contributed by atoms with E-state index in [1.807, 2.05) is 0 Å². The van der Waals surface area contributed by atoms with E-state index in [0.717, 1.165) is 76.8 Å². The highest BCUT2D eigenvalue weighted by Crippen LogP contribution is 2.35. The van der Waals surface area contributed by atoms with Gasteiger partial charge in [-0.25, -0.2) is 0 Å². The molecule has 3 aliphatic heterocycles. The molecule has 4 rings (SSSR count). The van der Waals surface area contributed by atoms with Gasteiger partial charge in [-0.05, 0) is 26.4 Å². The quantitative estimate of drug-likeness (QED) is 0.651.